The minimum Gasteiger partial charge on any atom is -0.316 e. The minimum atomic E-state index is -3.03. The van der Waals surface area contributed by atoms with E-state index >= 15 is 0 Å². The van der Waals surface area contributed by atoms with Crippen LogP contribution < -0.4 is 0 Å². The van der Waals surface area contributed by atoms with Crippen LogP contribution in [-0.2, 0) is 11.3 Å². The van der Waals surface area contributed by atoms with Crippen LogP contribution in [0.25, 0.3) is 0 Å². The van der Waals surface area contributed by atoms with Crippen LogP contribution in [0.1, 0.15) is 102 Å². The molecule has 0 heterocycles. The molecule has 0 radical (unpaired) electrons. The monoisotopic (exact) mass is 418 g/mol. The van der Waals surface area contributed by atoms with Crippen molar-refractivity contribution in [2.24, 2.45) is 17.8 Å². The van der Waals surface area contributed by atoms with E-state index in [1.807, 2.05) is 19.1 Å². The van der Waals surface area contributed by atoms with Gasteiger partial charge >= 0.3 is 6.11 Å². The first-order chi connectivity index (χ1) is 14.5. The number of hydrogen-bond donors (Lipinski definition) is 0. The van der Waals surface area contributed by atoms with Gasteiger partial charge in [-0.1, -0.05) is 56.2 Å². The Morgan fingerprint density at radius 3 is 2.17 bits per heavy atom. The lowest BCUT2D eigenvalue weighted by molar-refractivity contribution is -0.256. The summed E-state index contributed by atoms with van der Waals surface area (Å²) >= 11 is 0. The van der Waals surface area contributed by atoms with Crippen LogP contribution in [0.3, 0.4) is 0 Å². The molecule has 3 heteroatoms. The zero-order valence-corrected chi connectivity index (χ0v) is 18.9. The van der Waals surface area contributed by atoms with Crippen molar-refractivity contribution < 1.29 is 13.5 Å². The van der Waals surface area contributed by atoms with Crippen LogP contribution in [0.15, 0.2) is 36.4 Å². The molecule has 168 valence electrons. The second-order valence-electron chi connectivity index (χ2n) is 9.68. The Kier molecular flexibility index (Phi) is 8.92. The SMILES string of the molecule is C/C=C/[C@H]1CC[C@H](CC(F)(F)OCc2ccc([C@H]3CC[C@H](CCC)CC3)cc2)CC1. The summed E-state index contributed by atoms with van der Waals surface area (Å²) < 4.78 is 33.8. The van der Waals surface area contributed by atoms with E-state index in [1.54, 1.807) is 0 Å². The lowest BCUT2D eigenvalue weighted by atomic mass is 9.77. The first kappa shape index (κ1) is 23.4. The quantitative estimate of drug-likeness (QED) is 0.365. The van der Waals surface area contributed by atoms with E-state index in [9.17, 15) is 8.78 Å². The van der Waals surface area contributed by atoms with Gasteiger partial charge in [-0.15, -0.1) is 0 Å². The summed E-state index contributed by atoms with van der Waals surface area (Å²) in [6.45, 7) is 4.29. The Hall–Kier alpha value is -1.22. The lowest BCUT2D eigenvalue weighted by Crippen LogP contribution is -2.26. The van der Waals surface area contributed by atoms with Gasteiger partial charge in [0.15, 0.2) is 0 Å². The van der Waals surface area contributed by atoms with Gasteiger partial charge in [0.1, 0.15) is 0 Å². The van der Waals surface area contributed by atoms with Gasteiger partial charge in [-0.25, -0.2) is 0 Å². The van der Waals surface area contributed by atoms with Crippen molar-refractivity contribution in [3.63, 3.8) is 0 Å². The summed E-state index contributed by atoms with van der Waals surface area (Å²) in [5.74, 6) is 2.18. The molecule has 0 aliphatic heterocycles. The van der Waals surface area contributed by atoms with Gasteiger partial charge in [-0.05, 0) is 93.1 Å². The predicted molar refractivity (Wildman–Crippen MR) is 121 cm³/mol. The third-order valence-corrected chi connectivity index (χ3v) is 7.33. The highest BCUT2D eigenvalue weighted by Gasteiger charge is 2.35. The van der Waals surface area contributed by atoms with Crippen LogP contribution in [-0.4, -0.2) is 6.11 Å². The normalized spacial score (nSPS) is 28.1. The van der Waals surface area contributed by atoms with Crippen LogP contribution in [0.5, 0.6) is 0 Å². The van der Waals surface area contributed by atoms with Crippen LogP contribution >= 0.6 is 0 Å². The number of alkyl halides is 2. The lowest BCUT2D eigenvalue weighted by Gasteiger charge is -2.29. The molecule has 0 saturated heterocycles. The molecule has 0 atom stereocenters. The molecule has 1 aromatic rings. The van der Waals surface area contributed by atoms with Crippen LogP contribution in [0.2, 0.25) is 0 Å². The van der Waals surface area contributed by atoms with E-state index in [-0.39, 0.29) is 18.9 Å². The highest BCUT2D eigenvalue weighted by molar-refractivity contribution is 5.25. The number of ether oxygens (including phenoxy) is 1. The van der Waals surface area contributed by atoms with Gasteiger partial charge in [0, 0.05) is 6.42 Å². The van der Waals surface area contributed by atoms with E-state index in [2.05, 4.69) is 31.2 Å². The molecule has 3 rings (SSSR count). The van der Waals surface area contributed by atoms with Gasteiger partial charge in [-0.2, -0.15) is 8.78 Å². The molecule has 1 nitrogen and oxygen atoms in total. The third-order valence-electron chi connectivity index (χ3n) is 7.33. The van der Waals surface area contributed by atoms with Crippen LogP contribution in [0.4, 0.5) is 8.78 Å². The first-order valence-electron chi connectivity index (χ1n) is 12.2. The smallest absolute Gasteiger partial charge is 0.316 e. The maximum Gasteiger partial charge on any atom is 0.356 e. The van der Waals surface area contributed by atoms with E-state index in [0.29, 0.717) is 11.8 Å². The van der Waals surface area contributed by atoms with Crippen LogP contribution in [0, 0.1) is 17.8 Å². The second kappa shape index (κ2) is 11.4. The Labute approximate surface area is 182 Å². The highest BCUT2D eigenvalue weighted by Crippen LogP contribution is 2.38. The molecule has 0 aromatic heterocycles. The summed E-state index contributed by atoms with van der Waals surface area (Å²) in [5, 5.41) is 0. The molecular formula is C27H40F2O. The van der Waals surface area contributed by atoms with Gasteiger partial charge < -0.3 is 4.74 Å². The summed E-state index contributed by atoms with van der Waals surface area (Å²) in [5.41, 5.74) is 2.20. The van der Waals surface area contributed by atoms with Gasteiger partial charge in [0.2, 0.25) is 0 Å². The van der Waals surface area contributed by atoms with Crippen molar-refractivity contribution in [3.8, 4) is 0 Å². The van der Waals surface area contributed by atoms with Crippen molar-refractivity contribution in [2.75, 3.05) is 0 Å². The van der Waals surface area contributed by atoms with Crippen molar-refractivity contribution in [2.45, 2.75) is 103 Å². The van der Waals surface area contributed by atoms with E-state index < -0.39 is 6.11 Å². The first-order valence-corrected chi connectivity index (χ1v) is 12.2. The maximum atomic E-state index is 14.4. The average molecular weight is 419 g/mol. The highest BCUT2D eigenvalue weighted by atomic mass is 19.3. The number of benzene rings is 1. The second-order valence-corrected chi connectivity index (χ2v) is 9.68. The molecule has 0 bridgehead atoms. The fraction of sp³-hybridized carbons (Fsp3) is 0.704. The number of rotatable bonds is 9. The standard InChI is InChI=1S/C27H40F2O/c1-3-5-21-7-9-23(10-8-21)19-27(28,29)30-20-24-13-17-26(18-14-24)25-15-11-22(6-4-2)12-16-25/h3,5,13-14,17-18,21-23,25H,4,6-12,15-16,19-20H2,1-2H3/b5-3+/t21-,22-,23-,25-. The van der Waals surface area contributed by atoms with E-state index in [4.69, 9.17) is 4.74 Å². The predicted octanol–water partition coefficient (Wildman–Crippen LogP) is 8.64. The summed E-state index contributed by atoms with van der Waals surface area (Å²) in [6, 6.07) is 8.21. The topological polar surface area (TPSA) is 9.23 Å². The van der Waals surface area contributed by atoms with E-state index in [1.165, 1.54) is 44.1 Å². The fourth-order valence-electron chi connectivity index (χ4n) is 5.52. The molecule has 2 fully saturated rings. The van der Waals surface area contributed by atoms with Gasteiger partial charge in [-0.3, -0.25) is 0 Å². The Bertz CT molecular complexity index is 635. The molecule has 0 unspecified atom stereocenters. The molecule has 0 amide bonds. The molecule has 2 aliphatic rings. The van der Waals surface area contributed by atoms with Gasteiger partial charge in [0.05, 0.1) is 6.61 Å². The maximum absolute atomic E-state index is 14.4. The molecule has 30 heavy (non-hydrogen) atoms. The largest absolute Gasteiger partial charge is 0.356 e. The van der Waals surface area contributed by atoms with Crippen molar-refractivity contribution in [1.29, 1.82) is 0 Å². The van der Waals surface area contributed by atoms with Crippen molar-refractivity contribution in [3.05, 3.63) is 47.5 Å². The van der Waals surface area contributed by atoms with E-state index in [0.717, 1.165) is 37.2 Å². The Morgan fingerprint density at radius 1 is 0.933 bits per heavy atom. The molecule has 0 spiro atoms. The summed E-state index contributed by atoms with van der Waals surface area (Å²) in [7, 11) is 0. The fourth-order valence-corrected chi connectivity index (χ4v) is 5.52. The number of allylic oxidation sites excluding steroid dienone is 2. The Balaban J connectivity index is 1.42. The van der Waals surface area contributed by atoms with Crippen molar-refractivity contribution >= 4 is 0 Å². The van der Waals surface area contributed by atoms with Crippen molar-refractivity contribution in [1.82, 2.24) is 0 Å². The zero-order chi connectivity index (χ0) is 21.4. The molecule has 2 saturated carbocycles. The summed E-state index contributed by atoms with van der Waals surface area (Å²) in [6.07, 6.45) is 12.7. The molecular weight excluding hydrogens is 378 g/mol. The third kappa shape index (κ3) is 7.18. The molecule has 2 aliphatic carbocycles. The van der Waals surface area contributed by atoms with Gasteiger partial charge in [0.25, 0.3) is 0 Å². The zero-order valence-electron chi connectivity index (χ0n) is 18.9. The molecule has 1 aromatic carbocycles. The average Bonchev–Trinajstić information content (AvgIpc) is 2.75. The Morgan fingerprint density at radius 2 is 1.57 bits per heavy atom. The number of halogens is 2. The minimum absolute atomic E-state index is 0.00949. The molecule has 0 N–H and O–H groups in total. The number of hydrogen-bond acceptors (Lipinski definition) is 1. The summed E-state index contributed by atoms with van der Waals surface area (Å²) in [4.78, 5) is 0.